The first-order valence-electron chi connectivity index (χ1n) is 10.3. The van der Waals surface area contributed by atoms with E-state index >= 15 is 0 Å². The summed E-state index contributed by atoms with van der Waals surface area (Å²) in [4.78, 5) is 12.6. The fourth-order valence-corrected chi connectivity index (χ4v) is 5.48. The average Bonchev–Trinajstić information content (AvgIpc) is 3.43. The molecule has 1 fully saturated rings. The Labute approximate surface area is 186 Å². The third-order valence-corrected chi connectivity index (χ3v) is 7.14. The van der Waals surface area contributed by atoms with Gasteiger partial charge in [0, 0.05) is 24.0 Å². The summed E-state index contributed by atoms with van der Waals surface area (Å²) in [6.45, 7) is -0.113. The van der Waals surface area contributed by atoms with Crippen molar-refractivity contribution in [2.45, 2.75) is 43.2 Å². The van der Waals surface area contributed by atoms with Crippen LogP contribution in [0.15, 0.2) is 53.7 Å². The molecule has 2 aromatic heterocycles. The van der Waals surface area contributed by atoms with E-state index in [1.54, 1.807) is 16.8 Å². The summed E-state index contributed by atoms with van der Waals surface area (Å²) < 4.78 is 40.9. The van der Waals surface area contributed by atoms with Crippen LogP contribution in [-0.4, -0.2) is 31.9 Å². The molecule has 1 N–H and O–H groups in total. The minimum atomic E-state index is -3.87. The van der Waals surface area contributed by atoms with Crippen LogP contribution in [0.4, 0.5) is 0 Å². The highest BCUT2D eigenvalue weighted by Crippen LogP contribution is 2.28. The number of sulfonamides is 1. The van der Waals surface area contributed by atoms with Crippen molar-refractivity contribution in [2.24, 2.45) is 0 Å². The van der Waals surface area contributed by atoms with E-state index in [4.69, 9.17) is 9.47 Å². The van der Waals surface area contributed by atoms with Gasteiger partial charge in [-0.3, -0.25) is 0 Å². The third-order valence-electron chi connectivity index (χ3n) is 5.60. The first kappa shape index (κ1) is 21.9. The lowest BCUT2D eigenvalue weighted by molar-refractivity contribution is 0.0472. The quantitative estimate of drug-likeness (QED) is 0.549. The molecule has 8 nitrogen and oxygen atoms in total. The van der Waals surface area contributed by atoms with Gasteiger partial charge in [-0.25, -0.2) is 17.9 Å². The predicted octanol–water partition coefficient (Wildman–Crippen LogP) is 3.40. The Morgan fingerprint density at radius 2 is 2.03 bits per heavy atom. The van der Waals surface area contributed by atoms with E-state index in [0.717, 1.165) is 31.2 Å². The minimum absolute atomic E-state index is 0.0832. The first-order chi connectivity index (χ1) is 15.4. The van der Waals surface area contributed by atoms with Crippen molar-refractivity contribution in [3.63, 3.8) is 0 Å². The predicted molar refractivity (Wildman–Crippen MR) is 117 cm³/mol. The lowest BCUT2D eigenvalue weighted by Crippen LogP contribution is -2.33. The number of esters is 1. The monoisotopic (exact) mass is 453 g/mol. The number of methoxy groups -OCH3 is 1. The highest BCUT2D eigenvalue weighted by atomic mass is 32.2. The van der Waals surface area contributed by atoms with Crippen LogP contribution in [0.1, 0.15) is 47.2 Å². The topological polar surface area (TPSA) is 110 Å². The number of ether oxygens (including phenoxy) is 2. The van der Waals surface area contributed by atoms with Crippen LogP contribution < -0.4 is 9.46 Å². The van der Waals surface area contributed by atoms with E-state index in [9.17, 15) is 18.5 Å². The molecule has 1 saturated carbocycles. The lowest BCUT2D eigenvalue weighted by Gasteiger charge is -2.15. The number of benzene rings is 1. The van der Waals surface area contributed by atoms with E-state index < -0.39 is 16.0 Å². The first-order valence-corrected chi connectivity index (χ1v) is 11.8. The number of carbonyl (C=O) groups is 1. The second-order valence-corrected chi connectivity index (χ2v) is 9.36. The Morgan fingerprint density at radius 3 is 2.75 bits per heavy atom. The molecule has 0 spiro atoms. The van der Waals surface area contributed by atoms with Crippen LogP contribution in [0, 0.1) is 11.3 Å². The van der Waals surface area contributed by atoms with Crippen molar-refractivity contribution in [3.8, 4) is 11.8 Å². The molecule has 166 valence electrons. The van der Waals surface area contributed by atoms with Gasteiger partial charge in [-0.2, -0.15) is 5.26 Å². The molecule has 1 aliphatic rings. The number of fused-ring (bicyclic) bond motifs is 1. The molecule has 1 aromatic carbocycles. The molecule has 2 heterocycles. The van der Waals surface area contributed by atoms with Gasteiger partial charge >= 0.3 is 5.97 Å². The fourth-order valence-electron chi connectivity index (χ4n) is 3.98. The summed E-state index contributed by atoms with van der Waals surface area (Å²) in [6, 6.07) is 11.7. The van der Waals surface area contributed by atoms with E-state index in [2.05, 4.69) is 10.8 Å². The van der Waals surface area contributed by atoms with Crippen LogP contribution >= 0.6 is 0 Å². The SMILES string of the molecule is COc1ccc(C(=O)OCc2cn3ccccc3c2C#N)cc1S(=O)(=O)NC1CCCC1. The second kappa shape index (κ2) is 9.02. The molecule has 0 aliphatic heterocycles. The molecule has 0 amide bonds. The molecule has 9 heteroatoms. The number of carbonyl (C=O) groups excluding carboxylic acids is 1. The van der Waals surface area contributed by atoms with Gasteiger partial charge in [0.05, 0.1) is 23.8 Å². The second-order valence-electron chi connectivity index (χ2n) is 7.68. The van der Waals surface area contributed by atoms with Crippen LogP contribution in [-0.2, 0) is 21.4 Å². The molecule has 1 aliphatic carbocycles. The number of pyridine rings is 1. The van der Waals surface area contributed by atoms with Gasteiger partial charge in [0.1, 0.15) is 23.3 Å². The molecule has 32 heavy (non-hydrogen) atoms. The maximum Gasteiger partial charge on any atom is 0.338 e. The largest absolute Gasteiger partial charge is 0.495 e. The van der Waals surface area contributed by atoms with Crippen LogP contribution in [0.2, 0.25) is 0 Å². The van der Waals surface area contributed by atoms with Crippen LogP contribution in [0.3, 0.4) is 0 Å². The zero-order chi connectivity index (χ0) is 22.7. The van der Waals surface area contributed by atoms with Gasteiger partial charge in [0.15, 0.2) is 0 Å². The van der Waals surface area contributed by atoms with Gasteiger partial charge in [0.25, 0.3) is 0 Å². The normalized spacial score (nSPS) is 14.4. The van der Waals surface area contributed by atoms with Gasteiger partial charge in [-0.15, -0.1) is 0 Å². The highest BCUT2D eigenvalue weighted by molar-refractivity contribution is 7.89. The highest BCUT2D eigenvalue weighted by Gasteiger charge is 2.27. The number of nitriles is 1. The van der Waals surface area contributed by atoms with Gasteiger partial charge < -0.3 is 13.9 Å². The average molecular weight is 454 g/mol. The summed E-state index contributed by atoms with van der Waals surface area (Å²) in [5, 5.41) is 9.50. The maximum atomic E-state index is 12.9. The molecule has 0 atom stereocenters. The number of rotatable bonds is 7. The van der Waals surface area contributed by atoms with Crippen molar-refractivity contribution >= 4 is 21.5 Å². The fraction of sp³-hybridized carbons (Fsp3) is 0.304. The van der Waals surface area contributed by atoms with Crippen LogP contribution in [0.5, 0.6) is 5.75 Å². The number of hydrogen-bond acceptors (Lipinski definition) is 6. The zero-order valence-electron chi connectivity index (χ0n) is 17.6. The summed E-state index contributed by atoms with van der Waals surface area (Å²) in [6.07, 6.45) is 7.08. The molecule has 0 unspecified atom stereocenters. The van der Waals surface area contributed by atoms with E-state index in [-0.39, 0.29) is 28.9 Å². The summed E-state index contributed by atoms with van der Waals surface area (Å²) in [7, 11) is -2.49. The Morgan fingerprint density at radius 1 is 1.25 bits per heavy atom. The molecule has 0 radical (unpaired) electrons. The summed E-state index contributed by atoms with van der Waals surface area (Å²) in [5.41, 5.74) is 1.80. The Bertz CT molecular complexity index is 1300. The molecule has 0 saturated heterocycles. The maximum absolute atomic E-state index is 12.9. The summed E-state index contributed by atoms with van der Waals surface area (Å²) >= 11 is 0. The van der Waals surface area contributed by atoms with Crippen molar-refractivity contribution in [3.05, 3.63) is 65.5 Å². The molecule has 4 rings (SSSR count). The van der Waals surface area contributed by atoms with Crippen LogP contribution in [0.25, 0.3) is 5.52 Å². The molecule has 3 aromatic rings. The molecular formula is C23H23N3O5S. The lowest BCUT2D eigenvalue weighted by atomic mass is 10.2. The zero-order valence-corrected chi connectivity index (χ0v) is 18.4. The van der Waals surface area contributed by atoms with E-state index in [0.29, 0.717) is 11.1 Å². The standard InChI is InChI=1S/C23H23N3O5S/c1-30-21-10-9-16(12-22(21)32(28,29)25-18-6-2-3-7-18)23(27)31-15-17-14-26-11-5-4-8-20(26)19(17)13-24/h4-5,8-12,14,18,25H,2-3,6-7,15H2,1H3. The van der Waals surface area contributed by atoms with Crippen molar-refractivity contribution in [1.82, 2.24) is 9.12 Å². The number of nitrogens with one attached hydrogen (secondary N) is 1. The number of aromatic nitrogens is 1. The smallest absolute Gasteiger partial charge is 0.338 e. The number of hydrogen-bond donors (Lipinski definition) is 1. The van der Waals surface area contributed by atoms with E-state index in [1.807, 2.05) is 18.2 Å². The minimum Gasteiger partial charge on any atom is -0.495 e. The number of nitrogens with zero attached hydrogens (tertiary/aromatic N) is 2. The van der Waals surface area contributed by atoms with Gasteiger partial charge in [-0.05, 0) is 43.2 Å². The molecular weight excluding hydrogens is 430 g/mol. The van der Waals surface area contributed by atoms with Gasteiger partial charge in [-0.1, -0.05) is 18.9 Å². The van der Waals surface area contributed by atoms with Crippen molar-refractivity contribution in [2.75, 3.05) is 7.11 Å². The third kappa shape index (κ3) is 4.33. The Hall–Kier alpha value is -3.35. The van der Waals surface area contributed by atoms with E-state index in [1.165, 1.54) is 25.3 Å². The molecule has 0 bridgehead atoms. The Balaban J connectivity index is 1.55. The van der Waals surface area contributed by atoms with Crippen molar-refractivity contribution in [1.29, 1.82) is 5.26 Å². The summed E-state index contributed by atoms with van der Waals surface area (Å²) in [5.74, 6) is -0.540. The van der Waals surface area contributed by atoms with Crippen molar-refractivity contribution < 1.29 is 22.7 Å². The Kier molecular flexibility index (Phi) is 6.17. The van der Waals surface area contributed by atoms with Gasteiger partial charge in [0.2, 0.25) is 10.0 Å².